The number of benzene rings is 1. The van der Waals surface area contributed by atoms with Crippen LogP contribution in [0.3, 0.4) is 0 Å². The molecule has 1 heterocycles. The minimum atomic E-state index is -0.520. The zero-order chi connectivity index (χ0) is 17.8. The lowest BCUT2D eigenvalue weighted by molar-refractivity contribution is -0.116. The third kappa shape index (κ3) is 1.97. The van der Waals surface area contributed by atoms with Crippen LogP contribution in [0, 0.1) is 0 Å². The van der Waals surface area contributed by atoms with E-state index in [0.717, 1.165) is 18.4 Å². The van der Waals surface area contributed by atoms with Crippen LogP contribution in [0.5, 0.6) is 0 Å². The Hall–Kier alpha value is -3.08. The molecule has 1 aromatic heterocycles. The highest BCUT2D eigenvalue weighted by atomic mass is 16.1. The van der Waals surface area contributed by atoms with Gasteiger partial charge in [-0.3, -0.25) is 19.5 Å². The van der Waals surface area contributed by atoms with Gasteiger partial charge in [0.15, 0.2) is 17.3 Å². The molecular formula is C21H16N2O3. The number of aromatic nitrogens is 2. The van der Waals surface area contributed by atoms with Crippen LogP contribution in [0.1, 0.15) is 58.0 Å². The first-order valence-corrected chi connectivity index (χ1v) is 8.82. The Morgan fingerprint density at radius 3 is 2.42 bits per heavy atom. The van der Waals surface area contributed by atoms with Crippen LogP contribution in [0.4, 0.5) is 0 Å². The summed E-state index contributed by atoms with van der Waals surface area (Å²) in [5, 5.41) is 6.93. The van der Waals surface area contributed by atoms with Crippen LogP contribution < -0.4 is 0 Å². The zero-order valence-electron chi connectivity index (χ0n) is 14.0. The molecule has 0 radical (unpaired) electrons. The molecule has 1 unspecified atom stereocenters. The monoisotopic (exact) mass is 344 g/mol. The Kier molecular flexibility index (Phi) is 3.19. The number of hydrogen-bond donors (Lipinski definition) is 1. The number of nitrogens with zero attached hydrogens (tertiary/aromatic N) is 1. The average Bonchev–Trinajstić information content (AvgIpc) is 3.19. The topological polar surface area (TPSA) is 79.9 Å². The summed E-state index contributed by atoms with van der Waals surface area (Å²) in [6, 6.07) is 8.72. The summed E-state index contributed by atoms with van der Waals surface area (Å²) in [6.45, 7) is 0. The van der Waals surface area contributed by atoms with Crippen molar-refractivity contribution in [2.75, 3.05) is 0 Å². The number of fused-ring (bicyclic) bond motifs is 1. The molecule has 3 aliphatic carbocycles. The second-order valence-corrected chi connectivity index (χ2v) is 7.01. The normalized spacial score (nSPS) is 22.3. The molecule has 3 aliphatic rings. The fourth-order valence-electron chi connectivity index (χ4n) is 4.50. The Labute approximate surface area is 149 Å². The second kappa shape index (κ2) is 5.46. The lowest BCUT2D eigenvalue weighted by Gasteiger charge is -2.35. The molecule has 0 saturated carbocycles. The molecule has 0 saturated heterocycles. The third-order valence-electron chi connectivity index (χ3n) is 5.62. The van der Waals surface area contributed by atoms with Crippen molar-refractivity contribution >= 4 is 17.3 Å². The van der Waals surface area contributed by atoms with Crippen LogP contribution in [-0.2, 0) is 4.79 Å². The molecule has 0 spiro atoms. The molecular weight excluding hydrogens is 328 g/mol. The molecule has 1 atom stereocenters. The maximum atomic E-state index is 13.3. The standard InChI is InChI=1S/C21H16N2O3/c24-16-7-3-4-11-10-14-18(19(17(11)16)15-8-9-22-23-15)21(26)13-6-2-1-5-12(13)20(14)25/h1-2,5-6,8-9,19H,3-4,7,10H2,(H,22,23). The van der Waals surface area contributed by atoms with Crippen molar-refractivity contribution in [3.05, 3.63) is 75.6 Å². The number of hydrogen-bond acceptors (Lipinski definition) is 4. The lowest BCUT2D eigenvalue weighted by atomic mass is 9.66. The molecule has 0 amide bonds. The molecule has 0 fully saturated rings. The number of rotatable bonds is 1. The number of ketones is 3. The number of carbonyl (C=O) groups is 3. The summed E-state index contributed by atoms with van der Waals surface area (Å²) in [5.41, 5.74) is 4.27. The first-order chi connectivity index (χ1) is 12.7. The van der Waals surface area contributed by atoms with Gasteiger partial charge in [0, 0.05) is 46.2 Å². The molecule has 0 aliphatic heterocycles. The van der Waals surface area contributed by atoms with E-state index in [9.17, 15) is 14.4 Å². The summed E-state index contributed by atoms with van der Waals surface area (Å²) < 4.78 is 0. The van der Waals surface area contributed by atoms with Gasteiger partial charge in [-0.05, 0) is 25.3 Å². The van der Waals surface area contributed by atoms with Crippen molar-refractivity contribution < 1.29 is 14.4 Å². The smallest absolute Gasteiger partial charge is 0.191 e. The molecule has 5 nitrogen and oxygen atoms in total. The molecule has 2 aromatic rings. The van der Waals surface area contributed by atoms with Gasteiger partial charge in [-0.2, -0.15) is 5.10 Å². The fourth-order valence-corrected chi connectivity index (χ4v) is 4.50. The van der Waals surface area contributed by atoms with E-state index in [-0.39, 0.29) is 17.3 Å². The Morgan fingerprint density at radius 1 is 0.923 bits per heavy atom. The number of allylic oxidation sites excluding steroid dienone is 4. The summed E-state index contributed by atoms with van der Waals surface area (Å²) in [5.74, 6) is -0.686. The third-order valence-corrected chi connectivity index (χ3v) is 5.62. The maximum absolute atomic E-state index is 13.3. The largest absolute Gasteiger partial charge is 0.295 e. The predicted molar refractivity (Wildman–Crippen MR) is 94.0 cm³/mol. The van der Waals surface area contributed by atoms with Crippen molar-refractivity contribution in [1.82, 2.24) is 10.2 Å². The fraction of sp³-hybridized carbons (Fsp3) is 0.238. The summed E-state index contributed by atoms with van der Waals surface area (Å²) >= 11 is 0. The zero-order valence-corrected chi connectivity index (χ0v) is 14.0. The van der Waals surface area contributed by atoms with Crippen LogP contribution in [0.15, 0.2) is 58.8 Å². The van der Waals surface area contributed by atoms with Crippen molar-refractivity contribution in [2.45, 2.75) is 31.6 Å². The van der Waals surface area contributed by atoms with Gasteiger partial charge in [-0.15, -0.1) is 0 Å². The Morgan fingerprint density at radius 2 is 1.69 bits per heavy atom. The van der Waals surface area contributed by atoms with E-state index in [4.69, 9.17) is 0 Å². The number of aromatic amines is 1. The van der Waals surface area contributed by atoms with Gasteiger partial charge < -0.3 is 0 Å². The molecule has 1 N–H and O–H groups in total. The van der Waals surface area contributed by atoms with Crippen molar-refractivity contribution in [3.63, 3.8) is 0 Å². The molecule has 0 bridgehead atoms. The highest BCUT2D eigenvalue weighted by Gasteiger charge is 2.44. The minimum Gasteiger partial charge on any atom is -0.295 e. The van der Waals surface area contributed by atoms with E-state index in [0.29, 0.717) is 46.4 Å². The summed E-state index contributed by atoms with van der Waals surface area (Å²) in [7, 11) is 0. The summed E-state index contributed by atoms with van der Waals surface area (Å²) in [6.07, 6.45) is 4.10. The Balaban J connectivity index is 1.77. The van der Waals surface area contributed by atoms with E-state index >= 15 is 0 Å². The van der Waals surface area contributed by atoms with E-state index in [1.807, 2.05) is 0 Å². The highest BCUT2D eigenvalue weighted by molar-refractivity contribution is 6.28. The van der Waals surface area contributed by atoms with Gasteiger partial charge in [-0.1, -0.05) is 29.8 Å². The van der Waals surface area contributed by atoms with Crippen molar-refractivity contribution in [2.24, 2.45) is 0 Å². The SMILES string of the molecule is O=C1CCCC2=C1C(c1ccn[nH]1)C1=C(C2)C(=O)c2ccccc2C1=O. The molecule has 1 aromatic carbocycles. The Bertz CT molecular complexity index is 1040. The molecule has 26 heavy (non-hydrogen) atoms. The maximum Gasteiger partial charge on any atom is 0.191 e. The molecule has 128 valence electrons. The highest BCUT2D eigenvalue weighted by Crippen LogP contribution is 2.48. The lowest BCUT2D eigenvalue weighted by Crippen LogP contribution is -2.33. The predicted octanol–water partition coefficient (Wildman–Crippen LogP) is 3.32. The van der Waals surface area contributed by atoms with Gasteiger partial charge in [0.05, 0.1) is 5.92 Å². The first-order valence-electron chi connectivity index (χ1n) is 8.82. The van der Waals surface area contributed by atoms with Crippen molar-refractivity contribution in [1.29, 1.82) is 0 Å². The van der Waals surface area contributed by atoms with E-state index in [1.165, 1.54) is 0 Å². The number of Topliss-reactive ketones (excluding diaryl/α,β-unsaturated/α-hetero) is 3. The van der Waals surface area contributed by atoms with Gasteiger partial charge >= 0.3 is 0 Å². The average molecular weight is 344 g/mol. The van der Waals surface area contributed by atoms with E-state index in [2.05, 4.69) is 10.2 Å². The van der Waals surface area contributed by atoms with E-state index in [1.54, 1.807) is 36.5 Å². The van der Waals surface area contributed by atoms with E-state index < -0.39 is 5.92 Å². The van der Waals surface area contributed by atoms with Gasteiger partial charge in [-0.25, -0.2) is 0 Å². The van der Waals surface area contributed by atoms with Gasteiger partial charge in [0.25, 0.3) is 0 Å². The quantitative estimate of drug-likeness (QED) is 0.860. The molecule has 5 rings (SSSR count). The second-order valence-electron chi connectivity index (χ2n) is 7.01. The molecule has 5 heteroatoms. The summed E-state index contributed by atoms with van der Waals surface area (Å²) in [4.78, 5) is 39.2. The van der Waals surface area contributed by atoms with Crippen LogP contribution in [0.2, 0.25) is 0 Å². The van der Waals surface area contributed by atoms with Crippen LogP contribution in [0.25, 0.3) is 0 Å². The van der Waals surface area contributed by atoms with Gasteiger partial charge in [0.1, 0.15) is 0 Å². The number of nitrogens with one attached hydrogen (secondary N) is 1. The first kappa shape index (κ1) is 15.2. The van der Waals surface area contributed by atoms with Crippen LogP contribution in [-0.4, -0.2) is 27.5 Å². The van der Waals surface area contributed by atoms with Crippen molar-refractivity contribution in [3.8, 4) is 0 Å². The van der Waals surface area contributed by atoms with Crippen LogP contribution >= 0.6 is 0 Å². The number of H-pyrrole nitrogens is 1. The number of carbonyl (C=O) groups excluding carboxylic acids is 3. The minimum absolute atomic E-state index is 0.0801. The van der Waals surface area contributed by atoms with Gasteiger partial charge in [0.2, 0.25) is 0 Å².